The average molecular weight is 585 g/mol. The number of nitrogens with zero attached hydrogens (tertiary/aromatic N) is 3. The van der Waals surface area contributed by atoms with Gasteiger partial charge in [-0.25, -0.2) is 26.5 Å². The molecule has 2 N–H and O–H groups in total. The van der Waals surface area contributed by atoms with E-state index in [9.17, 15) is 21.6 Å². The third-order valence-corrected chi connectivity index (χ3v) is 8.54. The predicted octanol–water partition coefficient (Wildman–Crippen LogP) is 2.68. The van der Waals surface area contributed by atoms with E-state index in [0.29, 0.717) is 36.3 Å². The molecular formula is C21H21BrN4O7S2. The van der Waals surface area contributed by atoms with Crippen molar-refractivity contribution in [3.8, 4) is 11.6 Å². The van der Waals surface area contributed by atoms with Gasteiger partial charge in [0.05, 0.1) is 27.8 Å². The number of pyridine rings is 1. The number of carbonyl (C=O) groups is 1. The summed E-state index contributed by atoms with van der Waals surface area (Å²) in [5, 5.41) is 13.2. The van der Waals surface area contributed by atoms with E-state index < -0.39 is 31.9 Å². The number of benzene rings is 1. The van der Waals surface area contributed by atoms with Gasteiger partial charge in [-0.2, -0.15) is 5.10 Å². The van der Waals surface area contributed by atoms with Crippen LogP contribution in [0.2, 0.25) is 0 Å². The van der Waals surface area contributed by atoms with Gasteiger partial charge < -0.3 is 9.84 Å². The van der Waals surface area contributed by atoms with Crippen LogP contribution in [0.15, 0.2) is 57.0 Å². The molecule has 1 aromatic carbocycles. The number of carboxylic acids is 1. The molecule has 186 valence electrons. The van der Waals surface area contributed by atoms with Crippen molar-refractivity contribution in [2.75, 3.05) is 6.26 Å². The molecule has 1 aliphatic carbocycles. The molecule has 0 amide bonds. The molecule has 0 spiro atoms. The molecule has 0 aliphatic heterocycles. The topological polar surface area (TPSA) is 158 Å². The normalized spacial score (nSPS) is 16.0. The number of hydrogen-bond acceptors (Lipinski definition) is 8. The Hall–Kier alpha value is -2.81. The second-order valence-electron chi connectivity index (χ2n) is 7.97. The highest BCUT2D eigenvalue weighted by Crippen LogP contribution is 2.33. The quantitative estimate of drug-likeness (QED) is 0.406. The molecule has 4 rings (SSSR count). The van der Waals surface area contributed by atoms with Gasteiger partial charge in [0, 0.05) is 17.5 Å². The summed E-state index contributed by atoms with van der Waals surface area (Å²) in [4.78, 5) is 15.2. The molecular weight excluding hydrogens is 564 g/mol. The zero-order valence-corrected chi connectivity index (χ0v) is 21.6. The number of carboxylic acid groups (broad SMARTS) is 1. The minimum absolute atomic E-state index is 0.0887. The van der Waals surface area contributed by atoms with Crippen molar-refractivity contribution in [1.82, 2.24) is 19.5 Å². The highest BCUT2D eigenvalue weighted by Gasteiger charge is 2.29. The molecule has 11 nitrogen and oxygen atoms in total. The van der Waals surface area contributed by atoms with Crippen LogP contribution in [0.25, 0.3) is 0 Å². The predicted molar refractivity (Wildman–Crippen MR) is 127 cm³/mol. The molecule has 0 radical (unpaired) electrons. The van der Waals surface area contributed by atoms with E-state index in [1.54, 1.807) is 0 Å². The fourth-order valence-electron chi connectivity index (χ4n) is 3.76. The van der Waals surface area contributed by atoms with Crippen molar-refractivity contribution in [2.45, 2.75) is 41.6 Å². The Bertz CT molecular complexity index is 1490. The molecule has 0 bridgehead atoms. The summed E-state index contributed by atoms with van der Waals surface area (Å²) in [6.45, 7) is -0.288. The van der Waals surface area contributed by atoms with Crippen molar-refractivity contribution in [2.24, 2.45) is 0 Å². The number of sulfonamides is 1. The first kappa shape index (κ1) is 25.3. The Kier molecular flexibility index (Phi) is 6.99. The van der Waals surface area contributed by atoms with Gasteiger partial charge in [-0.05, 0) is 65.5 Å². The van der Waals surface area contributed by atoms with Crippen molar-refractivity contribution in [3.05, 3.63) is 58.5 Å². The third kappa shape index (κ3) is 5.72. The van der Waals surface area contributed by atoms with Crippen molar-refractivity contribution >= 4 is 41.8 Å². The molecule has 3 aromatic rings. The molecule has 1 unspecified atom stereocenters. The molecule has 2 heterocycles. The van der Waals surface area contributed by atoms with Crippen LogP contribution in [0.1, 0.15) is 30.1 Å². The number of halogens is 1. The monoisotopic (exact) mass is 584 g/mol. The lowest BCUT2D eigenvalue weighted by molar-refractivity contribution is -0.137. The number of rotatable bonds is 8. The molecule has 2 aromatic heterocycles. The van der Waals surface area contributed by atoms with Gasteiger partial charge in [0.1, 0.15) is 17.2 Å². The third-order valence-electron chi connectivity index (χ3n) is 5.40. The summed E-state index contributed by atoms with van der Waals surface area (Å²) in [5.74, 6) is -0.596. The van der Waals surface area contributed by atoms with Crippen molar-refractivity contribution < 1.29 is 31.5 Å². The number of fused-ring (bicyclic) bond motifs is 1. The second-order valence-corrected chi connectivity index (χ2v) is 12.6. The number of sulfone groups is 1. The van der Waals surface area contributed by atoms with Crippen molar-refractivity contribution in [3.63, 3.8) is 0 Å². The summed E-state index contributed by atoms with van der Waals surface area (Å²) in [6.07, 6.45) is 5.61. The molecule has 1 atom stereocenters. The highest BCUT2D eigenvalue weighted by molar-refractivity contribution is 9.10. The fraction of sp³-hybridized carbons (Fsp3) is 0.286. The first-order chi connectivity index (χ1) is 16.4. The smallest absolute Gasteiger partial charge is 0.325 e. The Labute approximate surface area is 210 Å². The van der Waals surface area contributed by atoms with Crippen LogP contribution in [0, 0.1) is 0 Å². The van der Waals surface area contributed by atoms with Gasteiger partial charge in [0.25, 0.3) is 0 Å². The first-order valence-electron chi connectivity index (χ1n) is 10.4. The van der Waals surface area contributed by atoms with E-state index in [1.807, 2.05) is 0 Å². The molecule has 0 saturated carbocycles. The molecule has 14 heteroatoms. The molecule has 0 saturated heterocycles. The highest BCUT2D eigenvalue weighted by atomic mass is 79.9. The van der Waals surface area contributed by atoms with E-state index in [1.165, 1.54) is 41.2 Å². The Morgan fingerprint density at radius 2 is 1.91 bits per heavy atom. The summed E-state index contributed by atoms with van der Waals surface area (Å²) < 4.78 is 59.3. The van der Waals surface area contributed by atoms with Gasteiger partial charge in [0.15, 0.2) is 9.84 Å². The summed E-state index contributed by atoms with van der Waals surface area (Å²) in [7, 11) is -7.31. The number of aliphatic carboxylic acids is 1. The van der Waals surface area contributed by atoms with Gasteiger partial charge in [0.2, 0.25) is 15.9 Å². The van der Waals surface area contributed by atoms with E-state index >= 15 is 0 Å². The maximum Gasteiger partial charge on any atom is 0.325 e. The Morgan fingerprint density at radius 3 is 2.54 bits per heavy atom. The zero-order chi connectivity index (χ0) is 25.4. The summed E-state index contributed by atoms with van der Waals surface area (Å²) in [6, 6.07) is 6.56. The zero-order valence-electron chi connectivity index (χ0n) is 18.4. The van der Waals surface area contributed by atoms with Crippen LogP contribution in [-0.2, 0) is 37.6 Å². The van der Waals surface area contributed by atoms with E-state index in [2.05, 4.69) is 30.7 Å². The Balaban J connectivity index is 1.51. The lowest BCUT2D eigenvalue weighted by atomic mass is 9.94. The van der Waals surface area contributed by atoms with Crippen LogP contribution >= 0.6 is 15.9 Å². The minimum atomic E-state index is -3.97. The molecule has 0 fully saturated rings. The standard InChI is InChI=1S/C21H21BrN4O7S2/c1-34(29,30)14-7-5-13(6-8-14)33-21-17(22)9-15(10-23-21)35(31,32)25-18-3-2-4-19-16(18)11-24-26(19)12-20(27)28/h5-11,18,25H,2-4,12H2,1H3,(H,27,28). The van der Waals surface area contributed by atoms with Gasteiger partial charge in [-0.1, -0.05) is 0 Å². The van der Waals surface area contributed by atoms with Gasteiger partial charge in [-0.3, -0.25) is 9.48 Å². The first-order valence-corrected chi connectivity index (χ1v) is 14.5. The lowest BCUT2D eigenvalue weighted by Gasteiger charge is -2.24. The second kappa shape index (κ2) is 9.68. The largest absolute Gasteiger partial charge is 0.480 e. The lowest BCUT2D eigenvalue weighted by Crippen LogP contribution is -2.31. The van der Waals surface area contributed by atoms with Crippen molar-refractivity contribution in [1.29, 1.82) is 0 Å². The van der Waals surface area contributed by atoms with E-state index in [4.69, 9.17) is 9.84 Å². The minimum Gasteiger partial charge on any atom is -0.480 e. The van der Waals surface area contributed by atoms with Crippen LogP contribution < -0.4 is 9.46 Å². The van der Waals surface area contributed by atoms with Gasteiger partial charge in [-0.15, -0.1) is 0 Å². The maximum atomic E-state index is 13.1. The van der Waals surface area contributed by atoms with Crippen LogP contribution in [0.4, 0.5) is 0 Å². The van der Waals surface area contributed by atoms with Crippen LogP contribution in [0.3, 0.4) is 0 Å². The summed E-state index contributed by atoms with van der Waals surface area (Å²) in [5.41, 5.74) is 1.36. The average Bonchev–Trinajstić information content (AvgIpc) is 3.18. The maximum absolute atomic E-state index is 13.1. The summed E-state index contributed by atoms with van der Waals surface area (Å²) >= 11 is 3.28. The van der Waals surface area contributed by atoms with Crippen LogP contribution in [0.5, 0.6) is 11.6 Å². The SMILES string of the molecule is CS(=O)(=O)c1ccc(Oc2ncc(S(=O)(=O)NC3CCCc4c3cnn4CC(=O)O)cc2Br)cc1. The number of hydrogen-bond donors (Lipinski definition) is 2. The van der Waals surface area contributed by atoms with E-state index in [0.717, 1.165) is 12.5 Å². The van der Waals surface area contributed by atoms with Gasteiger partial charge >= 0.3 is 5.97 Å². The number of ether oxygens (including phenoxy) is 1. The van der Waals surface area contributed by atoms with Crippen LogP contribution in [-0.4, -0.2) is 48.9 Å². The van der Waals surface area contributed by atoms with E-state index in [-0.39, 0.29) is 26.7 Å². The number of nitrogens with one attached hydrogen (secondary N) is 1. The molecule has 1 aliphatic rings. The molecule has 35 heavy (non-hydrogen) atoms. The fourth-order valence-corrected chi connectivity index (χ4v) is 6.19. The Morgan fingerprint density at radius 1 is 1.20 bits per heavy atom. The number of aromatic nitrogens is 3.